The molecule has 2 aliphatic rings. The molecule has 212 valence electrons. The van der Waals surface area contributed by atoms with Gasteiger partial charge in [0.05, 0.1) is 52.6 Å². The maximum absolute atomic E-state index is 12.4. The minimum atomic E-state index is -0.276. The fourth-order valence-corrected chi connectivity index (χ4v) is 6.13. The minimum absolute atomic E-state index is 0.0454. The second-order valence-corrected chi connectivity index (χ2v) is 11.4. The van der Waals surface area contributed by atoms with Crippen LogP contribution < -0.4 is 10.6 Å². The Bertz CT molecular complexity index is 1790. The number of rotatable bonds is 5. The number of aromatic nitrogens is 4. The van der Waals surface area contributed by atoms with E-state index in [4.69, 9.17) is 9.47 Å². The lowest BCUT2D eigenvalue weighted by Crippen LogP contribution is -2.42. The molecule has 5 aromatic rings. The molecule has 10 nitrogen and oxygen atoms in total. The van der Waals surface area contributed by atoms with Crippen molar-refractivity contribution < 1.29 is 14.3 Å². The van der Waals surface area contributed by atoms with Crippen molar-refractivity contribution in [2.75, 3.05) is 38.2 Å². The molecule has 0 spiro atoms. The third-order valence-corrected chi connectivity index (χ3v) is 8.43. The van der Waals surface area contributed by atoms with Crippen LogP contribution in [-0.2, 0) is 16.0 Å². The summed E-state index contributed by atoms with van der Waals surface area (Å²) in [6, 6.07) is 18.5. The van der Waals surface area contributed by atoms with Crippen molar-refractivity contribution in [2.45, 2.75) is 25.1 Å². The summed E-state index contributed by atoms with van der Waals surface area (Å²) in [6.07, 6.45) is 3.65. The molecule has 0 unspecified atom stereocenters. The van der Waals surface area contributed by atoms with Gasteiger partial charge in [-0.2, -0.15) is 5.10 Å². The summed E-state index contributed by atoms with van der Waals surface area (Å²) in [5.41, 5.74) is 4.05. The number of nitrogens with zero attached hydrogens (tertiary/aromatic N) is 5. The number of morpholine rings is 1. The van der Waals surface area contributed by atoms with Gasteiger partial charge >= 0.3 is 6.09 Å². The number of hydrogen-bond acceptors (Lipinski definition) is 9. The third-order valence-electron chi connectivity index (χ3n) is 7.39. The third kappa shape index (κ3) is 5.78. The van der Waals surface area contributed by atoms with Gasteiger partial charge in [-0.15, -0.1) is 11.3 Å². The number of nitrogens with one attached hydrogen (secondary N) is 2. The largest absolute Gasteiger partial charge is 0.445 e. The van der Waals surface area contributed by atoms with Crippen molar-refractivity contribution in [3.05, 3.63) is 77.6 Å². The Balaban J connectivity index is 1.02. The van der Waals surface area contributed by atoms with Gasteiger partial charge in [0.15, 0.2) is 5.82 Å². The molecule has 3 aromatic heterocycles. The number of hydrogen-bond donors (Lipinski definition) is 2. The van der Waals surface area contributed by atoms with E-state index in [1.165, 1.54) is 5.56 Å². The Morgan fingerprint density at radius 3 is 2.90 bits per heavy atom. The van der Waals surface area contributed by atoms with Gasteiger partial charge < -0.3 is 19.7 Å². The van der Waals surface area contributed by atoms with Crippen molar-refractivity contribution in [1.82, 2.24) is 30.0 Å². The van der Waals surface area contributed by atoms with Crippen molar-refractivity contribution >= 4 is 50.1 Å². The summed E-state index contributed by atoms with van der Waals surface area (Å²) in [6.45, 7) is 3.57. The van der Waals surface area contributed by atoms with Crippen LogP contribution in [0.25, 0.3) is 21.1 Å². The molecule has 0 saturated carbocycles. The smallest absolute Gasteiger partial charge is 0.410 e. The van der Waals surface area contributed by atoms with Crippen LogP contribution in [0, 0.1) is 11.8 Å². The Morgan fingerprint density at radius 2 is 2.02 bits per heavy atom. The van der Waals surface area contributed by atoms with Gasteiger partial charge in [0.25, 0.3) is 0 Å². The van der Waals surface area contributed by atoms with Crippen LogP contribution in [0.4, 0.5) is 16.3 Å². The zero-order valence-electron chi connectivity index (χ0n) is 22.8. The first kappa shape index (κ1) is 26.4. The van der Waals surface area contributed by atoms with Crippen molar-refractivity contribution in [3.63, 3.8) is 0 Å². The van der Waals surface area contributed by atoms with Crippen LogP contribution in [0.3, 0.4) is 0 Å². The van der Waals surface area contributed by atoms with Crippen LogP contribution in [0.2, 0.25) is 0 Å². The van der Waals surface area contributed by atoms with Crippen molar-refractivity contribution in [3.8, 4) is 11.8 Å². The highest BCUT2D eigenvalue weighted by molar-refractivity contribution is 7.20. The second-order valence-electron chi connectivity index (χ2n) is 10.3. The summed E-state index contributed by atoms with van der Waals surface area (Å²) in [5.74, 6) is 7.32. The van der Waals surface area contributed by atoms with Crippen LogP contribution >= 0.6 is 11.3 Å². The molecular formula is C31H29N7O3S. The van der Waals surface area contributed by atoms with Gasteiger partial charge in [-0.25, -0.2) is 14.8 Å². The van der Waals surface area contributed by atoms with Gasteiger partial charge in [-0.05, 0) is 29.8 Å². The predicted octanol–water partition coefficient (Wildman–Crippen LogP) is 4.38. The van der Waals surface area contributed by atoms with Gasteiger partial charge in [0, 0.05) is 37.1 Å². The summed E-state index contributed by atoms with van der Waals surface area (Å²) < 4.78 is 13.9. The number of carbonyl (C=O) groups is 1. The monoisotopic (exact) mass is 579 g/mol. The maximum Gasteiger partial charge on any atom is 0.410 e. The molecule has 2 atom stereocenters. The predicted molar refractivity (Wildman–Crippen MR) is 162 cm³/mol. The van der Waals surface area contributed by atoms with Gasteiger partial charge in [0.1, 0.15) is 12.4 Å². The molecule has 1 amide bonds. The normalized spacial score (nSPS) is 18.6. The molecule has 0 aliphatic carbocycles. The number of carbonyl (C=O) groups excluding carboxylic acids is 1. The molecule has 2 saturated heterocycles. The SMILES string of the molecule is O=C(O[C@@H]1CN[C@@H](C#Cc2cc3ncnc(Nc4ccc5c(cnn5Cc5ccccc5)c4)c3s2)C1)N1CCOCC1. The maximum atomic E-state index is 12.4. The summed E-state index contributed by atoms with van der Waals surface area (Å²) in [7, 11) is 0. The highest BCUT2D eigenvalue weighted by atomic mass is 32.1. The molecule has 0 radical (unpaired) electrons. The van der Waals surface area contributed by atoms with Crippen LogP contribution in [0.15, 0.2) is 67.1 Å². The lowest BCUT2D eigenvalue weighted by Gasteiger charge is -2.27. The first-order chi connectivity index (χ1) is 20.7. The number of amides is 1. The molecule has 2 N–H and O–H groups in total. The van der Waals surface area contributed by atoms with E-state index in [-0.39, 0.29) is 18.2 Å². The Morgan fingerprint density at radius 1 is 1.14 bits per heavy atom. The lowest BCUT2D eigenvalue weighted by atomic mass is 10.2. The van der Waals surface area contributed by atoms with Crippen molar-refractivity contribution in [1.29, 1.82) is 0 Å². The highest BCUT2D eigenvalue weighted by Gasteiger charge is 2.28. The molecule has 42 heavy (non-hydrogen) atoms. The first-order valence-electron chi connectivity index (χ1n) is 14.0. The van der Waals surface area contributed by atoms with Crippen LogP contribution in [0.5, 0.6) is 0 Å². The number of ether oxygens (including phenoxy) is 2. The number of benzene rings is 2. The molecular weight excluding hydrogens is 550 g/mol. The van der Waals surface area contributed by atoms with E-state index >= 15 is 0 Å². The summed E-state index contributed by atoms with van der Waals surface area (Å²) in [5, 5.41) is 12.5. The molecule has 7 rings (SSSR count). The van der Waals surface area contributed by atoms with Crippen LogP contribution in [0.1, 0.15) is 16.9 Å². The van der Waals surface area contributed by atoms with Gasteiger partial charge in [-0.3, -0.25) is 10.00 Å². The van der Waals surface area contributed by atoms with E-state index in [2.05, 4.69) is 61.8 Å². The average Bonchev–Trinajstić information content (AvgIpc) is 3.76. The van der Waals surface area contributed by atoms with Crippen molar-refractivity contribution in [2.24, 2.45) is 0 Å². The van der Waals surface area contributed by atoms with E-state index in [0.29, 0.717) is 39.3 Å². The minimum Gasteiger partial charge on any atom is -0.445 e. The van der Waals surface area contributed by atoms with Crippen LogP contribution in [-0.4, -0.2) is 75.7 Å². The van der Waals surface area contributed by atoms with E-state index in [1.54, 1.807) is 22.6 Å². The molecule has 0 bridgehead atoms. The van der Waals surface area contributed by atoms with Gasteiger partial charge in [-0.1, -0.05) is 42.2 Å². The molecule has 11 heteroatoms. The molecule has 2 aliphatic heterocycles. The average molecular weight is 580 g/mol. The Kier molecular flexibility index (Phi) is 7.40. The first-order valence-corrected chi connectivity index (χ1v) is 14.8. The van der Waals surface area contributed by atoms with E-state index < -0.39 is 0 Å². The Labute approximate surface area is 246 Å². The zero-order valence-corrected chi connectivity index (χ0v) is 23.6. The number of anilines is 2. The second kappa shape index (κ2) is 11.8. The molecule has 2 aromatic carbocycles. The van der Waals surface area contributed by atoms with E-state index in [0.717, 1.165) is 44.0 Å². The quantitative estimate of drug-likeness (QED) is 0.296. The highest BCUT2D eigenvalue weighted by Crippen LogP contribution is 2.31. The molecule has 5 heterocycles. The Hall–Kier alpha value is -4.50. The fraction of sp³-hybridized carbons (Fsp3) is 0.290. The van der Waals surface area contributed by atoms with E-state index in [1.807, 2.05) is 41.2 Å². The lowest BCUT2D eigenvalue weighted by molar-refractivity contribution is 0.0156. The number of fused-ring (bicyclic) bond motifs is 2. The van der Waals surface area contributed by atoms with Gasteiger partial charge in [0.2, 0.25) is 0 Å². The number of thiophene rings is 1. The van der Waals surface area contributed by atoms with E-state index in [9.17, 15) is 4.79 Å². The fourth-order valence-electron chi connectivity index (χ4n) is 5.21. The summed E-state index contributed by atoms with van der Waals surface area (Å²) in [4.78, 5) is 24.0. The standard InChI is InChI=1S/C31H29N7O3S/c39-31(37-10-12-40-13-11-37)41-25-15-23(32-18-25)6-8-26-16-27-29(42-26)30(34-20-33-27)36-24-7-9-28-22(14-24)17-35-38(28)19-21-4-2-1-3-5-21/h1-5,7,9,14,16-17,20,23,25,32H,10-13,15,18-19H2,(H,33,34,36)/t23-,25-/m0/s1. The zero-order chi connectivity index (χ0) is 28.3. The topological polar surface area (TPSA) is 106 Å². The summed E-state index contributed by atoms with van der Waals surface area (Å²) >= 11 is 1.56. The molecule has 2 fully saturated rings.